The molecule has 0 aromatic carbocycles. The van der Waals surface area contributed by atoms with Crippen LogP contribution in [0.15, 0.2) is 0 Å². The lowest BCUT2D eigenvalue weighted by atomic mass is 10.00. The number of nitrogens with zero attached hydrogens (tertiary/aromatic N) is 2. The van der Waals surface area contributed by atoms with Crippen LogP contribution in [0, 0.1) is 5.92 Å². The fraction of sp³-hybridized carbons (Fsp3) is 1.00. The van der Waals surface area contributed by atoms with Crippen molar-refractivity contribution >= 4 is 10.2 Å². The van der Waals surface area contributed by atoms with E-state index in [2.05, 4.69) is 17.1 Å². The van der Waals surface area contributed by atoms with Crippen molar-refractivity contribution in [2.24, 2.45) is 5.92 Å². The largest absolute Gasteiger partial charge is 0.379 e. The van der Waals surface area contributed by atoms with Crippen molar-refractivity contribution in [2.75, 3.05) is 52.5 Å². The van der Waals surface area contributed by atoms with Crippen LogP contribution in [0.5, 0.6) is 0 Å². The topological polar surface area (TPSA) is 73.9 Å². The van der Waals surface area contributed by atoms with Gasteiger partial charge < -0.3 is 10.1 Å². The second kappa shape index (κ2) is 8.40. The van der Waals surface area contributed by atoms with Crippen molar-refractivity contribution in [1.82, 2.24) is 19.5 Å². The van der Waals surface area contributed by atoms with Gasteiger partial charge in [0.1, 0.15) is 0 Å². The molecule has 0 aromatic heterocycles. The summed E-state index contributed by atoms with van der Waals surface area (Å²) in [7, 11) is -3.42. The van der Waals surface area contributed by atoms with Crippen molar-refractivity contribution in [1.29, 1.82) is 0 Å². The monoisotopic (exact) mass is 320 g/mol. The number of nitrogens with one attached hydrogen (secondary N) is 2. The molecule has 1 unspecified atom stereocenters. The van der Waals surface area contributed by atoms with Gasteiger partial charge in [-0.15, -0.1) is 4.83 Å². The summed E-state index contributed by atoms with van der Waals surface area (Å²) in [5.41, 5.74) is 0. The molecule has 0 spiro atoms. The maximum atomic E-state index is 12.4. The molecule has 124 valence electrons. The maximum absolute atomic E-state index is 12.4. The van der Waals surface area contributed by atoms with Gasteiger partial charge in [-0.05, 0) is 38.3 Å². The molecular weight excluding hydrogens is 292 g/mol. The van der Waals surface area contributed by atoms with Crippen LogP contribution in [-0.2, 0) is 14.9 Å². The highest BCUT2D eigenvalue weighted by atomic mass is 32.2. The third kappa shape index (κ3) is 5.46. The minimum atomic E-state index is -3.42. The Balaban J connectivity index is 1.83. The molecule has 0 bridgehead atoms. The van der Waals surface area contributed by atoms with Crippen molar-refractivity contribution in [3.63, 3.8) is 0 Å². The summed E-state index contributed by atoms with van der Waals surface area (Å²) in [5, 5.41) is 5.12. The minimum absolute atomic E-state index is 0.409. The Morgan fingerprint density at radius 3 is 2.71 bits per heavy atom. The average Bonchev–Trinajstić information content (AvgIpc) is 2.48. The quantitative estimate of drug-likeness (QED) is 0.635. The first-order chi connectivity index (χ1) is 10.1. The predicted octanol–water partition coefficient (Wildman–Crippen LogP) is -0.220. The molecule has 2 aliphatic rings. The zero-order valence-corrected chi connectivity index (χ0v) is 13.7. The van der Waals surface area contributed by atoms with Gasteiger partial charge in [-0.1, -0.05) is 6.92 Å². The molecule has 2 aliphatic heterocycles. The summed E-state index contributed by atoms with van der Waals surface area (Å²) < 4.78 is 31.7. The molecule has 0 radical (unpaired) electrons. The molecule has 2 heterocycles. The Morgan fingerprint density at radius 1 is 1.24 bits per heavy atom. The highest BCUT2D eigenvalue weighted by molar-refractivity contribution is 7.87. The number of piperidine rings is 1. The smallest absolute Gasteiger partial charge is 0.292 e. The first-order valence-electron chi connectivity index (χ1n) is 7.92. The van der Waals surface area contributed by atoms with E-state index in [0.717, 1.165) is 32.4 Å². The normalized spacial score (nSPS) is 26.0. The van der Waals surface area contributed by atoms with Gasteiger partial charge in [-0.2, -0.15) is 12.7 Å². The Kier molecular flexibility index (Phi) is 6.84. The molecular formula is C13H28N4O3S. The van der Waals surface area contributed by atoms with Crippen LogP contribution in [0.25, 0.3) is 0 Å². The molecule has 1 atom stereocenters. The van der Waals surface area contributed by atoms with Crippen molar-refractivity contribution in [2.45, 2.75) is 26.2 Å². The first kappa shape index (κ1) is 17.1. The zero-order chi connectivity index (χ0) is 15.1. The van der Waals surface area contributed by atoms with Crippen LogP contribution in [0.2, 0.25) is 0 Å². The van der Waals surface area contributed by atoms with Crippen LogP contribution in [0.3, 0.4) is 0 Å². The Bertz CT molecular complexity index is 398. The molecule has 0 amide bonds. The van der Waals surface area contributed by atoms with E-state index in [1.54, 1.807) is 9.31 Å². The third-order valence-electron chi connectivity index (χ3n) is 3.94. The Hall–Kier alpha value is -0.250. The Labute approximate surface area is 128 Å². The molecule has 0 aliphatic carbocycles. The van der Waals surface area contributed by atoms with E-state index in [1.165, 1.54) is 0 Å². The highest BCUT2D eigenvalue weighted by Gasteiger charge is 2.30. The fourth-order valence-electron chi connectivity index (χ4n) is 2.77. The summed E-state index contributed by atoms with van der Waals surface area (Å²) >= 11 is 0. The second-order valence-corrected chi connectivity index (χ2v) is 7.42. The number of hydrazine groups is 1. The van der Waals surface area contributed by atoms with Crippen molar-refractivity contribution < 1.29 is 13.2 Å². The van der Waals surface area contributed by atoms with Crippen LogP contribution < -0.4 is 10.1 Å². The molecule has 2 fully saturated rings. The molecule has 8 heteroatoms. The highest BCUT2D eigenvalue weighted by Crippen LogP contribution is 2.18. The van der Waals surface area contributed by atoms with Crippen LogP contribution >= 0.6 is 0 Å². The minimum Gasteiger partial charge on any atom is -0.379 e. The van der Waals surface area contributed by atoms with Crippen molar-refractivity contribution in [3.05, 3.63) is 0 Å². The summed E-state index contributed by atoms with van der Waals surface area (Å²) in [6.45, 7) is 7.62. The number of morpholine rings is 1. The van der Waals surface area contributed by atoms with E-state index in [9.17, 15) is 8.42 Å². The lowest BCUT2D eigenvalue weighted by molar-refractivity contribution is 0.0258. The molecule has 7 nitrogen and oxygen atoms in total. The van der Waals surface area contributed by atoms with Gasteiger partial charge in [0.05, 0.1) is 13.2 Å². The zero-order valence-electron chi connectivity index (χ0n) is 12.9. The third-order valence-corrected chi connectivity index (χ3v) is 5.44. The number of hydrogen-bond acceptors (Lipinski definition) is 5. The van der Waals surface area contributed by atoms with Gasteiger partial charge in [0.2, 0.25) is 0 Å². The fourth-order valence-corrected chi connectivity index (χ4v) is 4.17. The van der Waals surface area contributed by atoms with Gasteiger partial charge in [-0.3, -0.25) is 0 Å². The second-order valence-electron chi connectivity index (χ2n) is 5.77. The molecule has 21 heavy (non-hydrogen) atoms. The van der Waals surface area contributed by atoms with E-state index in [1.807, 2.05) is 0 Å². The van der Waals surface area contributed by atoms with E-state index in [4.69, 9.17) is 4.74 Å². The van der Waals surface area contributed by atoms with Gasteiger partial charge in [0.25, 0.3) is 10.2 Å². The van der Waals surface area contributed by atoms with E-state index in [0.29, 0.717) is 45.3 Å². The number of ether oxygens (including phenoxy) is 1. The maximum Gasteiger partial charge on any atom is 0.292 e. The van der Waals surface area contributed by atoms with Gasteiger partial charge in [-0.25, -0.2) is 5.01 Å². The predicted molar refractivity (Wildman–Crippen MR) is 81.9 cm³/mol. The molecule has 2 saturated heterocycles. The lowest BCUT2D eigenvalue weighted by Gasteiger charge is -2.34. The van der Waals surface area contributed by atoms with Crippen molar-refractivity contribution in [3.8, 4) is 0 Å². The van der Waals surface area contributed by atoms with E-state index >= 15 is 0 Å². The Morgan fingerprint density at radius 2 is 2.00 bits per heavy atom. The van der Waals surface area contributed by atoms with Gasteiger partial charge in [0, 0.05) is 26.2 Å². The van der Waals surface area contributed by atoms with Gasteiger partial charge >= 0.3 is 0 Å². The summed E-state index contributed by atoms with van der Waals surface area (Å²) in [4.78, 5) is 2.68. The average molecular weight is 320 g/mol. The SMILES string of the molecule is CCCNCC1CCCN(S(=O)(=O)NN2CCOCC2)C1. The van der Waals surface area contributed by atoms with E-state index < -0.39 is 10.2 Å². The number of hydrogen-bond donors (Lipinski definition) is 2. The molecule has 0 saturated carbocycles. The van der Waals surface area contributed by atoms with E-state index in [-0.39, 0.29) is 0 Å². The van der Waals surface area contributed by atoms with Crippen LogP contribution in [-0.4, -0.2) is 70.2 Å². The summed E-state index contributed by atoms with van der Waals surface area (Å²) in [5.74, 6) is 0.409. The standard InChI is InChI=1S/C13H28N4O3S/c1-2-5-14-11-13-4-3-6-17(12-13)21(18,19)15-16-7-9-20-10-8-16/h13-15H,2-12H2,1H3. The first-order valence-corrected chi connectivity index (χ1v) is 9.36. The van der Waals surface area contributed by atoms with Crippen LogP contribution in [0.1, 0.15) is 26.2 Å². The number of rotatable bonds is 7. The summed E-state index contributed by atoms with van der Waals surface area (Å²) in [6, 6.07) is 0. The van der Waals surface area contributed by atoms with Gasteiger partial charge in [0.15, 0.2) is 0 Å². The summed E-state index contributed by atoms with van der Waals surface area (Å²) in [6.07, 6.45) is 3.14. The lowest BCUT2D eigenvalue weighted by Crippen LogP contribution is -2.55. The molecule has 2 rings (SSSR count). The molecule has 0 aromatic rings. The molecule has 2 N–H and O–H groups in total. The van der Waals surface area contributed by atoms with Crippen LogP contribution in [0.4, 0.5) is 0 Å².